The van der Waals surface area contributed by atoms with Crippen molar-refractivity contribution in [2.45, 2.75) is 25.8 Å². The quantitative estimate of drug-likeness (QED) is 0.689. The van der Waals surface area contributed by atoms with Crippen molar-refractivity contribution < 1.29 is 13.5 Å². The lowest BCUT2D eigenvalue weighted by Crippen LogP contribution is -2.11. The zero-order valence-electron chi connectivity index (χ0n) is 14.5. The highest BCUT2D eigenvalue weighted by Gasteiger charge is 2.62. The first-order valence-electron chi connectivity index (χ1n) is 8.76. The summed E-state index contributed by atoms with van der Waals surface area (Å²) in [6.45, 7) is 0.610. The number of methoxy groups -OCH3 is 1. The minimum Gasteiger partial charge on any atom is -0.496 e. The largest absolute Gasteiger partial charge is 0.496 e. The summed E-state index contributed by atoms with van der Waals surface area (Å²) in [4.78, 5) is 0. The first kappa shape index (κ1) is 15.9. The van der Waals surface area contributed by atoms with Gasteiger partial charge in [0.1, 0.15) is 22.1 Å². The van der Waals surface area contributed by atoms with Gasteiger partial charge in [0.05, 0.1) is 13.7 Å². The molecule has 2 fully saturated rings. The van der Waals surface area contributed by atoms with Gasteiger partial charge in [-0.25, -0.2) is 4.21 Å². The summed E-state index contributed by atoms with van der Waals surface area (Å²) in [7, 11) is 0.449. The van der Waals surface area contributed by atoms with E-state index in [1.54, 1.807) is 13.3 Å². The molecule has 0 aliphatic heterocycles. The Kier molecular flexibility index (Phi) is 3.56. The molecule has 8 heteroatoms. The van der Waals surface area contributed by atoms with Crippen molar-refractivity contribution in [1.82, 2.24) is 14.9 Å². The summed E-state index contributed by atoms with van der Waals surface area (Å²) in [6.07, 6.45) is 7.47. The zero-order valence-corrected chi connectivity index (χ0v) is 15.3. The van der Waals surface area contributed by atoms with E-state index in [1.165, 1.54) is 19.3 Å². The van der Waals surface area contributed by atoms with Gasteiger partial charge >= 0.3 is 0 Å². The fourth-order valence-electron chi connectivity index (χ4n) is 3.77. The predicted molar refractivity (Wildman–Crippen MR) is 98.3 cm³/mol. The van der Waals surface area contributed by atoms with E-state index in [0.717, 1.165) is 10.9 Å². The molecule has 3 aromatic rings. The van der Waals surface area contributed by atoms with Gasteiger partial charge in [-0.2, -0.15) is 5.10 Å². The molecule has 2 aliphatic rings. The molecule has 2 aliphatic carbocycles. The maximum atomic E-state index is 12.5. The van der Waals surface area contributed by atoms with Gasteiger partial charge in [-0.3, -0.25) is 9.40 Å². The van der Waals surface area contributed by atoms with Gasteiger partial charge in [-0.1, -0.05) is 5.16 Å². The Hall–Kier alpha value is -2.35. The highest BCUT2D eigenvalue weighted by molar-refractivity contribution is 7.86. The highest BCUT2D eigenvalue weighted by Crippen LogP contribution is 2.70. The summed E-state index contributed by atoms with van der Waals surface area (Å²) in [5.41, 5.74) is 2.15. The van der Waals surface area contributed by atoms with Gasteiger partial charge in [0, 0.05) is 18.1 Å². The van der Waals surface area contributed by atoms with Crippen molar-refractivity contribution in [3.8, 4) is 5.75 Å². The molecule has 2 heterocycles. The molecule has 136 valence electrons. The van der Waals surface area contributed by atoms with Crippen LogP contribution in [0.3, 0.4) is 0 Å². The number of aromatic nitrogens is 3. The second-order valence-electron chi connectivity index (χ2n) is 7.28. The zero-order chi connectivity index (χ0) is 17.7. The Bertz CT molecular complexity index is 978. The van der Waals surface area contributed by atoms with Gasteiger partial charge in [0.2, 0.25) is 0 Å². The number of anilines is 1. The van der Waals surface area contributed by atoms with Crippen molar-refractivity contribution in [3.63, 3.8) is 0 Å². The van der Waals surface area contributed by atoms with Crippen molar-refractivity contribution in [2.24, 2.45) is 11.3 Å². The number of fused-ring (bicyclic) bond motifs is 1. The fraction of sp³-hybridized carbons (Fsp3) is 0.444. The van der Waals surface area contributed by atoms with E-state index < -0.39 is 11.0 Å². The van der Waals surface area contributed by atoms with E-state index >= 15 is 0 Å². The van der Waals surface area contributed by atoms with Crippen LogP contribution in [0.1, 0.15) is 24.8 Å². The van der Waals surface area contributed by atoms with Crippen molar-refractivity contribution in [2.75, 3.05) is 17.6 Å². The monoisotopic (exact) mass is 372 g/mol. The molecule has 1 spiro atoms. The Morgan fingerprint density at radius 1 is 1.46 bits per heavy atom. The first-order chi connectivity index (χ1) is 12.7. The third-order valence-electron chi connectivity index (χ3n) is 5.54. The lowest BCUT2D eigenvalue weighted by atomic mass is 10.1. The van der Waals surface area contributed by atoms with E-state index in [-0.39, 0.29) is 0 Å². The topological polar surface area (TPSA) is 82.2 Å². The van der Waals surface area contributed by atoms with Crippen LogP contribution in [0.15, 0.2) is 35.1 Å². The van der Waals surface area contributed by atoms with Gasteiger partial charge in [0.25, 0.3) is 0 Å². The summed E-state index contributed by atoms with van der Waals surface area (Å²) >= 11 is 0. The molecule has 2 saturated carbocycles. The molecular weight excluding hydrogens is 352 g/mol. The molecule has 5 rings (SSSR count). The third kappa shape index (κ3) is 2.78. The van der Waals surface area contributed by atoms with Crippen LogP contribution < -0.4 is 9.46 Å². The molecule has 0 radical (unpaired) electrons. The first-order valence-corrected chi connectivity index (χ1v) is 10.1. The number of ether oxygens (including phenoxy) is 1. The van der Waals surface area contributed by atoms with E-state index in [1.807, 2.05) is 29.1 Å². The summed E-state index contributed by atoms with van der Waals surface area (Å²) in [5.74, 6) is 2.40. The molecule has 0 saturated heterocycles. The van der Waals surface area contributed by atoms with E-state index in [0.29, 0.717) is 40.8 Å². The summed E-state index contributed by atoms with van der Waals surface area (Å²) in [5, 5.41) is 9.02. The van der Waals surface area contributed by atoms with Crippen molar-refractivity contribution >= 4 is 27.8 Å². The molecule has 2 atom stereocenters. The Labute approximate surface area is 153 Å². The van der Waals surface area contributed by atoms with Gasteiger partial charge < -0.3 is 9.26 Å². The number of hydrogen-bond acceptors (Lipinski definition) is 5. The molecule has 2 unspecified atom stereocenters. The maximum absolute atomic E-state index is 12.5. The van der Waals surface area contributed by atoms with Gasteiger partial charge in [0.15, 0.2) is 11.4 Å². The Morgan fingerprint density at radius 2 is 2.35 bits per heavy atom. The molecule has 0 amide bonds. The average molecular weight is 372 g/mol. The predicted octanol–water partition coefficient (Wildman–Crippen LogP) is 2.96. The van der Waals surface area contributed by atoms with Crippen molar-refractivity contribution in [3.05, 3.63) is 36.2 Å². The van der Waals surface area contributed by atoms with Crippen LogP contribution in [-0.4, -0.2) is 32.0 Å². The minimum absolute atomic E-state index is 0.478. The molecule has 1 N–H and O–H groups in total. The normalized spacial score (nSPS) is 21.0. The Balaban J connectivity index is 1.38. The van der Waals surface area contributed by atoms with E-state index in [9.17, 15) is 4.21 Å². The van der Waals surface area contributed by atoms with Crippen LogP contribution in [0.25, 0.3) is 11.0 Å². The van der Waals surface area contributed by atoms with Crippen LogP contribution in [0.5, 0.6) is 5.75 Å². The number of nitrogens with zero attached hydrogens (tertiary/aromatic N) is 3. The number of nitrogens with one attached hydrogen (secondary N) is 1. The van der Waals surface area contributed by atoms with E-state index in [2.05, 4.69) is 15.0 Å². The van der Waals surface area contributed by atoms with E-state index in [4.69, 9.17) is 9.26 Å². The van der Waals surface area contributed by atoms with Crippen LogP contribution in [0.4, 0.5) is 5.82 Å². The summed E-state index contributed by atoms with van der Waals surface area (Å²) < 4.78 is 28.3. The standard InChI is InChI=1S/C18H20N4O3S/c1-24-14-7-12(10-22-6-2-5-19-22)8-15-16(14)17(20-25-15)21-26(23)11-13-9-18(13)3-4-18/h2,5-8,13H,3-4,9-11H2,1H3,(H,20,21). The average Bonchev–Trinajstić information content (AvgIpc) is 3.40. The van der Waals surface area contributed by atoms with Gasteiger partial charge in [-0.15, -0.1) is 0 Å². The number of benzene rings is 1. The van der Waals surface area contributed by atoms with Crippen LogP contribution in [0.2, 0.25) is 0 Å². The molecule has 0 bridgehead atoms. The second kappa shape index (κ2) is 5.84. The van der Waals surface area contributed by atoms with Crippen LogP contribution in [0, 0.1) is 11.3 Å². The molecule has 2 aromatic heterocycles. The number of rotatable bonds is 7. The van der Waals surface area contributed by atoms with Crippen LogP contribution in [-0.2, 0) is 17.5 Å². The highest BCUT2D eigenvalue weighted by atomic mass is 32.2. The molecule has 26 heavy (non-hydrogen) atoms. The van der Waals surface area contributed by atoms with Gasteiger partial charge in [-0.05, 0) is 54.4 Å². The van der Waals surface area contributed by atoms with Crippen molar-refractivity contribution in [1.29, 1.82) is 0 Å². The Morgan fingerprint density at radius 3 is 3.04 bits per heavy atom. The smallest absolute Gasteiger partial charge is 0.192 e. The second-order valence-corrected chi connectivity index (χ2v) is 8.51. The summed E-state index contributed by atoms with van der Waals surface area (Å²) in [6, 6.07) is 5.74. The fourth-order valence-corrected chi connectivity index (χ4v) is 5.04. The van der Waals surface area contributed by atoms with Crippen LogP contribution >= 0.6 is 0 Å². The minimum atomic E-state index is -1.16. The number of hydrogen-bond donors (Lipinski definition) is 1. The molecule has 1 aromatic carbocycles. The molecule has 7 nitrogen and oxygen atoms in total. The lowest BCUT2D eigenvalue weighted by Gasteiger charge is -2.08. The molecular formula is C18H20N4O3S. The SMILES string of the molecule is COc1cc(Cn2cccn2)cc2onc(NS(=O)CC3CC34CC4)c12. The maximum Gasteiger partial charge on any atom is 0.192 e. The lowest BCUT2D eigenvalue weighted by molar-refractivity contribution is 0.418. The third-order valence-corrected chi connectivity index (χ3v) is 6.66.